The maximum Gasteiger partial charge on any atom is 0.263 e. The maximum atomic E-state index is 12.8. The second-order valence-electron chi connectivity index (χ2n) is 6.36. The molecule has 3 aromatic rings. The second kappa shape index (κ2) is 10.00. The highest BCUT2D eigenvalue weighted by atomic mass is 79.9. The maximum absolute atomic E-state index is 12.8. The molecule has 3 aromatic carbocycles. The summed E-state index contributed by atoms with van der Waals surface area (Å²) in [7, 11) is -2.40. The lowest BCUT2D eigenvalue weighted by atomic mass is 10.2. The highest BCUT2D eigenvalue weighted by Gasteiger charge is 2.19. The smallest absolute Gasteiger partial charge is 0.263 e. The highest BCUT2D eigenvalue weighted by molar-refractivity contribution is 9.10. The first kappa shape index (κ1) is 22.9. The number of carbonyl (C=O) groups is 1. The number of carbonyl (C=O) groups excluding carboxylic acids is 1. The lowest BCUT2D eigenvalue weighted by molar-refractivity contribution is -0.111. The van der Waals surface area contributed by atoms with Gasteiger partial charge >= 0.3 is 0 Å². The number of amides is 1. The standard InChI is InChI=1S/C22H18BrClN2O4S/c1-30-19-4-2-3-15(13-19)5-12-22(27)25-18-10-11-20(24)21(14-18)31(28,29)26-17-8-6-16(23)7-9-17/h2-14,26H,1H3,(H,25,27)/b12-5+. The summed E-state index contributed by atoms with van der Waals surface area (Å²) in [5.41, 5.74) is 1.46. The summed E-state index contributed by atoms with van der Waals surface area (Å²) in [6, 6.07) is 18.1. The van der Waals surface area contributed by atoms with Gasteiger partial charge in [-0.25, -0.2) is 8.42 Å². The Labute approximate surface area is 194 Å². The number of halogens is 2. The molecule has 0 radical (unpaired) electrons. The van der Waals surface area contributed by atoms with E-state index in [1.54, 1.807) is 49.6 Å². The van der Waals surface area contributed by atoms with Crippen LogP contribution in [-0.4, -0.2) is 21.4 Å². The number of methoxy groups -OCH3 is 1. The Hall–Kier alpha value is -2.81. The molecule has 3 rings (SSSR count). The molecule has 160 valence electrons. The van der Waals surface area contributed by atoms with Crippen molar-refractivity contribution >= 4 is 60.9 Å². The van der Waals surface area contributed by atoms with Crippen LogP contribution in [0.3, 0.4) is 0 Å². The van der Waals surface area contributed by atoms with Crippen LogP contribution in [0, 0.1) is 0 Å². The largest absolute Gasteiger partial charge is 0.497 e. The van der Waals surface area contributed by atoms with Crippen LogP contribution < -0.4 is 14.8 Å². The van der Waals surface area contributed by atoms with Crippen molar-refractivity contribution in [3.05, 3.63) is 87.9 Å². The number of rotatable bonds is 7. The molecule has 0 spiro atoms. The quantitative estimate of drug-likeness (QED) is 0.399. The number of anilines is 2. The zero-order chi connectivity index (χ0) is 22.4. The normalized spacial score (nSPS) is 11.3. The number of hydrogen-bond acceptors (Lipinski definition) is 4. The van der Waals surface area contributed by atoms with Crippen LogP contribution in [0.25, 0.3) is 6.08 Å². The molecule has 2 N–H and O–H groups in total. The summed E-state index contributed by atoms with van der Waals surface area (Å²) in [6.07, 6.45) is 2.97. The average molecular weight is 522 g/mol. The fraction of sp³-hybridized carbons (Fsp3) is 0.0455. The molecule has 0 aliphatic heterocycles. The molecule has 31 heavy (non-hydrogen) atoms. The lowest BCUT2D eigenvalue weighted by Gasteiger charge is -2.11. The summed E-state index contributed by atoms with van der Waals surface area (Å²) in [5, 5.41) is 2.67. The minimum absolute atomic E-state index is 0.0366. The van der Waals surface area contributed by atoms with Crippen LogP contribution in [-0.2, 0) is 14.8 Å². The number of benzene rings is 3. The van der Waals surface area contributed by atoms with Crippen molar-refractivity contribution in [2.45, 2.75) is 4.90 Å². The fourth-order valence-corrected chi connectivity index (χ4v) is 4.47. The Morgan fingerprint density at radius 1 is 1.03 bits per heavy atom. The van der Waals surface area contributed by atoms with Crippen LogP contribution in [0.1, 0.15) is 5.56 Å². The number of nitrogens with one attached hydrogen (secondary N) is 2. The topological polar surface area (TPSA) is 84.5 Å². The first-order chi connectivity index (χ1) is 14.8. The highest BCUT2D eigenvalue weighted by Crippen LogP contribution is 2.27. The van der Waals surface area contributed by atoms with E-state index in [4.69, 9.17) is 16.3 Å². The van der Waals surface area contributed by atoms with Gasteiger partial charge in [0.25, 0.3) is 10.0 Å². The van der Waals surface area contributed by atoms with E-state index in [0.717, 1.165) is 10.0 Å². The van der Waals surface area contributed by atoms with Crippen LogP contribution >= 0.6 is 27.5 Å². The first-order valence-corrected chi connectivity index (χ1v) is 11.6. The van der Waals surface area contributed by atoms with Crippen molar-refractivity contribution in [3.63, 3.8) is 0 Å². The SMILES string of the molecule is COc1cccc(/C=C/C(=O)Nc2ccc(Cl)c(S(=O)(=O)Nc3ccc(Br)cc3)c2)c1. The van der Waals surface area contributed by atoms with Gasteiger partial charge in [-0.3, -0.25) is 9.52 Å². The molecule has 9 heteroatoms. The average Bonchev–Trinajstić information content (AvgIpc) is 2.75. The summed E-state index contributed by atoms with van der Waals surface area (Å²) < 4.78 is 34.0. The van der Waals surface area contributed by atoms with Gasteiger partial charge in [-0.1, -0.05) is 39.7 Å². The van der Waals surface area contributed by atoms with Gasteiger partial charge in [0.15, 0.2) is 0 Å². The third-order valence-corrected chi connectivity index (χ3v) is 6.50. The molecule has 0 saturated carbocycles. The summed E-state index contributed by atoms with van der Waals surface area (Å²) in [6.45, 7) is 0. The molecular weight excluding hydrogens is 504 g/mol. The third kappa shape index (κ3) is 6.33. The van der Waals surface area contributed by atoms with Crippen molar-refractivity contribution in [2.75, 3.05) is 17.1 Å². The molecular formula is C22H18BrClN2O4S. The Morgan fingerprint density at radius 3 is 2.45 bits per heavy atom. The Bertz CT molecular complexity index is 1230. The molecule has 0 aromatic heterocycles. The zero-order valence-electron chi connectivity index (χ0n) is 16.3. The predicted molar refractivity (Wildman–Crippen MR) is 127 cm³/mol. The van der Waals surface area contributed by atoms with Crippen molar-refractivity contribution in [1.29, 1.82) is 0 Å². The molecule has 0 unspecified atom stereocenters. The fourth-order valence-electron chi connectivity index (χ4n) is 2.62. The van der Waals surface area contributed by atoms with Gasteiger partial charge in [0.05, 0.1) is 12.1 Å². The van der Waals surface area contributed by atoms with E-state index in [1.165, 1.54) is 24.3 Å². The van der Waals surface area contributed by atoms with Gasteiger partial charge in [-0.05, 0) is 66.2 Å². The molecule has 0 bridgehead atoms. The molecule has 0 aliphatic carbocycles. The Morgan fingerprint density at radius 2 is 1.74 bits per heavy atom. The number of hydrogen-bond donors (Lipinski definition) is 2. The van der Waals surface area contributed by atoms with E-state index in [2.05, 4.69) is 26.0 Å². The van der Waals surface area contributed by atoms with E-state index >= 15 is 0 Å². The van der Waals surface area contributed by atoms with E-state index in [1.807, 2.05) is 12.1 Å². The minimum Gasteiger partial charge on any atom is -0.497 e. The molecule has 0 saturated heterocycles. The summed E-state index contributed by atoms with van der Waals surface area (Å²) in [5.74, 6) is 0.253. The van der Waals surface area contributed by atoms with E-state index in [9.17, 15) is 13.2 Å². The van der Waals surface area contributed by atoms with Crippen LogP contribution in [0.15, 0.2) is 82.2 Å². The van der Waals surface area contributed by atoms with Crippen LogP contribution in [0.5, 0.6) is 5.75 Å². The van der Waals surface area contributed by atoms with Crippen molar-refractivity contribution in [1.82, 2.24) is 0 Å². The summed E-state index contributed by atoms with van der Waals surface area (Å²) >= 11 is 9.41. The Balaban J connectivity index is 1.76. The molecule has 0 aliphatic rings. The van der Waals surface area contributed by atoms with Crippen molar-refractivity contribution < 1.29 is 17.9 Å². The van der Waals surface area contributed by atoms with Crippen LogP contribution in [0.4, 0.5) is 11.4 Å². The van der Waals surface area contributed by atoms with Gasteiger partial charge in [0.1, 0.15) is 10.6 Å². The molecule has 0 heterocycles. The van der Waals surface area contributed by atoms with Gasteiger partial charge in [0, 0.05) is 21.9 Å². The van der Waals surface area contributed by atoms with E-state index < -0.39 is 15.9 Å². The van der Waals surface area contributed by atoms with E-state index in [0.29, 0.717) is 17.1 Å². The van der Waals surface area contributed by atoms with Gasteiger partial charge < -0.3 is 10.1 Å². The van der Waals surface area contributed by atoms with Crippen molar-refractivity contribution in [3.8, 4) is 5.75 Å². The summed E-state index contributed by atoms with van der Waals surface area (Å²) in [4.78, 5) is 12.1. The van der Waals surface area contributed by atoms with Gasteiger partial charge in [0.2, 0.25) is 5.91 Å². The zero-order valence-corrected chi connectivity index (χ0v) is 19.5. The lowest BCUT2D eigenvalue weighted by Crippen LogP contribution is -2.14. The second-order valence-corrected chi connectivity index (χ2v) is 9.33. The number of sulfonamides is 1. The van der Waals surface area contributed by atoms with Crippen molar-refractivity contribution in [2.24, 2.45) is 0 Å². The van der Waals surface area contributed by atoms with Gasteiger partial charge in [-0.15, -0.1) is 0 Å². The monoisotopic (exact) mass is 520 g/mol. The molecule has 6 nitrogen and oxygen atoms in total. The van der Waals surface area contributed by atoms with Gasteiger partial charge in [-0.2, -0.15) is 0 Å². The predicted octanol–water partition coefficient (Wildman–Crippen LogP) is 5.56. The van der Waals surface area contributed by atoms with E-state index in [-0.39, 0.29) is 9.92 Å². The number of ether oxygens (including phenoxy) is 1. The van der Waals surface area contributed by atoms with Crippen LogP contribution in [0.2, 0.25) is 5.02 Å². The molecule has 1 amide bonds. The Kier molecular flexibility index (Phi) is 7.37. The third-order valence-electron chi connectivity index (χ3n) is 4.11. The minimum atomic E-state index is -3.96. The molecule has 0 fully saturated rings. The molecule has 0 atom stereocenters. The first-order valence-electron chi connectivity index (χ1n) is 8.98.